The minimum atomic E-state index is -1.11. The number of amides is 6. The van der Waals surface area contributed by atoms with Crippen molar-refractivity contribution < 1.29 is 38.3 Å². The molecule has 0 aliphatic heterocycles. The third-order valence-electron chi connectivity index (χ3n) is 6.35. The van der Waals surface area contributed by atoms with Gasteiger partial charge in [-0.2, -0.15) is 0 Å². The zero-order valence-corrected chi connectivity index (χ0v) is 27.3. The molecule has 3 atom stereocenters. The fraction of sp³-hybridized carbons (Fsp3) is 0.621. The molecule has 1 aromatic rings. The Bertz CT molecular complexity index is 1180. The molecule has 1 aromatic carbocycles. The molecular formula is C29H49N8O8+. The molecule has 0 aliphatic carbocycles. The van der Waals surface area contributed by atoms with Gasteiger partial charge in [0.25, 0.3) is 0 Å². The summed E-state index contributed by atoms with van der Waals surface area (Å²) in [4.78, 5) is 75.5. The van der Waals surface area contributed by atoms with Gasteiger partial charge in [-0.1, -0.05) is 39.8 Å². The number of likely N-dealkylation sites (N-methyl/N-ethyl adjacent to an activating group) is 1. The van der Waals surface area contributed by atoms with Crippen LogP contribution in [0.2, 0.25) is 0 Å². The van der Waals surface area contributed by atoms with Gasteiger partial charge < -0.3 is 31.6 Å². The number of ether oxygens (including phenoxy) is 2. The quantitative estimate of drug-likeness (QED) is 0.0675. The van der Waals surface area contributed by atoms with Gasteiger partial charge in [-0.05, 0) is 56.7 Å². The molecule has 0 spiro atoms. The van der Waals surface area contributed by atoms with Crippen LogP contribution >= 0.6 is 0 Å². The van der Waals surface area contributed by atoms with Crippen molar-refractivity contribution in [2.24, 2.45) is 23.3 Å². The van der Waals surface area contributed by atoms with Crippen molar-refractivity contribution in [3.8, 4) is 0 Å². The van der Waals surface area contributed by atoms with Gasteiger partial charge in [0.1, 0.15) is 34.8 Å². The van der Waals surface area contributed by atoms with Crippen LogP contribution in [-0.2, 0) is 25.7 Å². The topological polar surface area (TPSA) is 227 Å². The summed E-state index contributed by atoms with van der Waals surface area (Å²) in [6.07, 6.45) is -2.19. The van der Waals surface area contributed by atoms with Crippen LogP contribution in [0, 0.1) is 16.7 Å². The molecule has 45 heavy (non-hydrogen) atoms. The van der Waals surface area contributed by atoms with E-state index in [1.54, 1.807) is 72.7 Å². The van der Waals surface area contributed by atoms with E-state index in [0.29, 0.717) is 22.5 Å². The van der Waals surface area contributed by atoms with Crippen LogP contribution in [-0.4, -0.2) is 77.2 Å². The zero-order chi connectivity index (χ0) is 34.5. The molecule has 0 unspecified atom stereocenters. The molecule has 0 aliphatic rings. The largest absolute Gasteiger partial charge is 0.445 e. The lowest BCUT2D eigenvalue weighted by Crippen LogP contribution is -2.55. The molecule has 8 N–H and O–H groups in total. The number of hydrogen-bond donors (Lipinski definition) is 6. The summed E-state index contributed by atoms with van der Waals surface area (Å²) in [5, 5.41) is 7.64. The number of carbonyl (C=O) groups excluding carboxylic acids is 5. The van der Waals surface area contributed by atoms with Crippen LogP contribution in [0.15, 0.2) is 24.3 Å². The Morgan fingerprint density at radius 2 is 1.56 bits per heavy atom. The highest BCUT2D eigenvalue weighted by atomic mass is 16.6. The van der Waals surface area contributed by atoms with E-state index in [0.717, 1.165) is 4.90 Å². The average Bonchev–Trinajstić information content (AvgIpc) is 2.90. The third-order valence-corrected chi connectivity index (χ3v) is 6.35. The molecule has 0 fully saturated rings. The van der Waals surface area contributed by atoms with Gasteiger partial charge in [0.05, 0.1) is 4.91 Å². The van der Waals surface area contributed by atoms with E-state index in [9.17, 15) is 28.9 Å². The fourth-order valence-corrected chi connectivity index (χ4v) is 4.19. The van der Waals surface area contributed by atoms with Gasteiger partial charge >= 0.3 is 24.4 Å². The van der Waals surface area contributed by atoms with Crippen molar-refractivity contribution >= 4 is 35.7 Å². The second kappa shape index (κ2) is 17.6. The van der Waals surface area contributed by atoms with E-state index < -0.39 is 53.9 Å². The summed E-state index contributed by atoms with van der Waals surface area (Å²) < 4.78 is 10.6. The number of hydrazine groups is 1. The predicted molar refractivity (Wildman–Crippen MR) is 166 cm³/mol. The van der Waals surface area contributed by atoms with Crippen LogP contribution in [0.5, 0.6) is 0 Å². The van der Waals surface area contributed by atoms with E-state index >= 15 is 0 Å². The second-order valence-electron chi connectivity index (χ2n) is 12.2. The number of nitroso groups, excluding NO2 is 1. The van der Waals surface area contributed by atoms with Crippen molar-refractivity contribution in [2.45, 2.75) is 91.8 Å². The minimum Gasteiger partial charge on any atom is -0.445 e. The highest BCUT2D eigenvalue weighted by Gasteiger charge is 2.34. The average molecular weight is 638 g/mol. The van der Waals surface area contributed by atoms with Gasteiger partial charge in [0.2, 0.25) is 11.8 Å². The summed E-state index contributed by atoms with van der Waals surface area (Å²) in [5.41, 5.74) is 13.4. The van der Waals surface area contributed by atoms with E-state index in [4.69, 9.17) is 20.9 Å². The molecule has 0 saturated heterocycles. The number of anilines is 1. The predicted octanol–water partition coefficient (Wildman–Crippen LogP) is 2.31. The molecule has 252 valence electrons. The van der Waals surface area contributed by atoms with Crippen LogP contribution in [0.4, 0.5) is 20.1 Å². The number of alkyl carbamates (subject to hydrolysis) is 1. The zero-order valence-electron chi connectivity index (χ0n) is 27.3. The van der Waals surface area contributed by atoms with Crippen LogP contribution < -0.4 is 32.8 Å². The van der Waals surface area contributed by atoms with E-state index in [1.807, 2.05) is 0 Å². The molecule has 1 rings (SSSR count). The lowest BCUT2D eigenvalue weighted by molar-refractivity contribution is -0.563. The third kappa shape index (κ3) is 14.1. The van der Waals surface area contributed by atoms with Gasteiger partial charge in [-0.15, -0.1) is 5.43 Å². The molecule has 6 amide bonds. The Kier molecular flexibility index (Phi) is 15.0. The van der Waals surface area contributed by atoms with Gasteiger partial charge in [0, 0.05) is 20.0 Å². The summed E-state index contributed by atoms with van der Waals surface area (Å²) in [6.45, 7) is 12.2. The van der Waals surface area contributed by atoms with Gasteiger partial charge in [0.15, 0.2) is 0 Å². The molecule has 16 nitrogen and oxygen atoms in total. The molecule has 0 aromatic heterocycles. The molecule has 0 radical (unpaired) electrons. The van der Waals surface area contributed by atoms with Crippen LogP contribution in [0.25, 0.3) is 0 Å². The lowest BCUT2D eigenvalue weighted by Gasteiger charge is -2.27. The maximum Gasteiger partial charge on any atom is 0.410 e. The number of primary amides is 2. The maximum atomic E-state index is 13.2. The monoisotopic (exact) mass is 637 g/mol. The SMILES string of the molecule is CC(C)[C@H](NC(=O)OC(C)(C)C)C(=O)N[C@@H](CCCNC(N)=O)[N+](=O)Nc1ccc(COC(=O)N(C)[C@H](C(N)=O)C(C)C)cc1. The first-order chi connectivity index (χ1) is 20.8. The Morgan fingerprint density at radius 3 is 2.04 bits per heavy atom. The molecule has 16 heteroatoms. The minimum absolute atomic E-state index is 0.0963. The number of nitrogens with two attached hydrogens (primary N) is 2. The van der Waals surface area contributed by atoms with E-state index in [-0.39, 0.29) is 31.4 Å². The van der Waals surface area contributed by atoms with Crippen LogP contribution in [0.1, 0.15) is 66.9 Å². The normalized spacial score (nSPS) is 13.2. The highest BCUT2D eigenvalue weighted by Crippen LogP contribution is 2.15. The fourth-order valence-electron chi connectivity index (χ4n) is 4.19. The molecule has 0 heterocycles. The van der Waals surface area contributed by atoms with E-state index in [2.05, 4.69) is 21.4 Å². The molecule has 0 saturated carbocycles. The van der Waals surface area contributed by atoms with Crippen molar-refractivity contribution in [3.05, 3.63) is 34.7 Å². The Balaban J connectivity index is 2.95. The van der Waals surface area contributed by atoms with Crippen LogP contribution in [0.3, 0.4) is 0 Å². The van der Waals surface area contributed by atoms with Gasteiger partial charge in [-0.3, -0.25) is 19.8 Å². The number of hydrogen-bond acceptors (Lipinski definition) is 8. The molecular weight excluding hydrogens is 588 g/mol. The van der Waals surface area contributed by atoms with Crippen molar-refractivity contribution in [2.75, 3.05) is 19.0 Å². The maximum absolute atomic E-state index is 13.2. The number of nitrogens with zero attached hydrogens (tertiary/aromatic N) is 2. The standard InChI is InChI=1S/C29H48N8O8/c1-17(2)22(34-27(41)45-29(5,6)7)25(39)33-21(10-9-15-32-26(31)40)37(43)35-20-13-11-19(12-14-20)16-44-28(42)36(8)23(18(3)4)24(30)38/h11-14,17-18,21-23H,9-10,15-16H2,1-8H3,(H7-,30,31,32,33,34,35,38,39,40,41,43)/p+1/t21-,22+,23+/m1/s1. The number of nitrogens with one attached hydrogen (secondary N) is 4. The first-order valence-corrected chi connectivity index (χ1v) is 14.7. The van der Waals surface area contributed by atoms with Crippen molar-refractivity contribution in [1.29, 1.82) is 0 Å². The Labute approximate surface area is 263 Å². The number of carbonyl (C=O) groups is 5. The summed E-state index contributed by atoms with van der Waals surface area (Å²) >= 11 is 0. The smallest absolute Gasteiger partial charge is 0.410 e. The van der Waals surface area contributed by atoms with Crippen molar-refractivity contribution in [3.63, 3.8) is 0 Å². The molecule has 0 bridgehead atoms. The van der Waals surface area contributed by atoms with E-state index in [1.165, 1.54) is 7.05 Å². The van der Waals surface area contributed by atoms with Crippen molar-refractivity contribution in [1.82, 2.24) is 20.9 Å². The highest BCUT2D eigenvalue weighted by molar-refractivity contribution is 5.86. The lowest BCUT2D eigenvalue weighted by atomic mass is 10.0. The second-order valence-corrected chi connectivity index (χ2v) is 12.2. The number of rotatable bonds is 16. The first kappa shape index (κ1) is 38.4. The van der Waals surface area contributed by atoms with Gasteiger partial charge in [-0.25, -0.2) is 14.4 Å². The summed E-state index contributed by atoms with van der Waals surface area (Å²) in [5.74, 6) is -1.79. The summed E-state index contributed by atoms with van der Waals surface area (Å²) in [6, 6.07) is 3.86. The summed E-state index contributed by atoms with van der Waals surface area (Å²) in [7, 11) is 1.43. The Hall–Kier alpha value is -4.63. The first-order valence-electron chi connectivity index (χ1n) is 14.7. The Morgan fingerprint density at radius 1 is 0.956 bits per heavy atom. The number of benzene rings is 1. The number of urea groups is 1.